The summed E-state index contributed by atoms with van der Waals surface area (Å²) in [6.07, 6.45) is 7.21. The molecule has 1 aromatic carbocycles. The summed E-state index contributed by atoms with van der Waals surface area (Å²) in [7, 11) is 1.77. The molecule has 7 nitrogen and oxygen atoms in total. The van der Waals surface area contributed by atoms with E-state index in [0.29, 0.717) is 6.54 Å². The molecule has 3 aliphatic rings. The highest BCUT2D eigenvalue weighted by Gasteiger charge is 2.40. The second kappa shape index (κ2) is 14.4. The van der Waals surface area contributed by atoms with E-state index in [1.807, 2.05) is 35.6 Å². The van der Waals surface area contributed by atoms with Crippen LogP contribution in [-0.4, -0.2) is 59.4 Å². The lowest BCUT2D eigenvalue weighted by Crippen LogP contribution is -2.57. The van der Waals surface area contributed by atoms with E-state index in [-0.39, 0.29) is 41.2 Å². The lowest BCUT2D eigenvalue weighted by molar-refractivity contribution is -0.139. The zero-order chi connectivity index (χ0) is 26.8. The first-order valence-electron chi connectivity index (χ1n) is 13.4. The monoisotopic (exact) mass is 525 g/mol. The molecule has 2 fully saturated rings. The number of amides is 2. The first-order chi connectivity index (χ1) is 18.0. The fourth-order valence-electron chi connectivity index (χ4n) is 5.45. The van der Waals surface area contributed by atoms with Crippen LogP contribution in [0, 0.1) is 5.92 Å². The van der Waals surface area contributed by atoms with Gasteiger partial charge in [-0.15, -0.1) is 13.2 Å². The molecule has 2 amide bonds. The molecule has 8 heteroatoms. The van der Waals surface area contributed by atoms with E-state index in [2.05, 4.69) is 52.8 Å². The standard InChI is InChI=1S/C27H39N5O2S.C2H4/c1-18(30-26-23(29-17-35-26)20-11-6-4-7-12-20)22-15-10-16-32(22)27(34)24(21-13-8-5-9-14-21)31-25(33)19(2)28-3;1-2/h4,6-7,11-12,17,19,21-24,26,28,30H,1,5,8-10,13-16H2,2-3H3,(H,31,33);1-2H2/t19-,22?,23?,24?,26?;/m0./s1. The van der Waals surface area contributed by atoms with E-state index in [4.69, 9.17) is 0 Å². The van der Waals surface area contributed by atoms with Gasteiger partial charge in [-0.25, -0.2) is 0 Å². The molecular formula is C29H43N5O2S. The van der Waals surface area contributed by atoms with Gasteiger partial charge in [-0.05, 0) is 51.1 Å². The maximum absolute atomic E-state index is 13.9. The van der Waals surface area contributed by atoms with Gasteiger partial charge in [-0.1, -0.05) is 67.9 Å². The Morgan fingerprint density at radius 1 is 1.08 bits per heavy atom. The highest BCUT2D eigenvalue weighted by atomic mass is 32.2. The maximum atomic E-state index is 13.9. The fourth-order valence-corrected chi connectivity index (χ4v) is 6.38. The van der Waals surface area contributed by atoms with Gasteiger partial charge in [0, 0.05) is 12.2 Å². The maximum Gasteiger partial charge on any atom is 0.246 e. The number of carbonyl (C=O) groups excluding carboxylic acids is 2. The van der Waals surface area contributed by atoms with Gasteiger partial charge in [0.25, 0.3) is 0 Å². The van der Waals surface area contributed by atoms with Crippen LogP contribution in [0.2, 0.25) is 0 Å². The average Bonchev–Trinajstić information content (AvgIpc) is 3.63. The molecule has 0 aromatic heterocycles. The third-order valence-corrected chi connectivity index (χ3v) is 8.55. The number of rotatable bonds is 9. The second-order valence-electron chi connectivity index (χ2n) is 9.92. The normalized spacial score (nSPS) is 25.0. The molecule has 1 aliphatic carbocycles. The van der Waals surface area contributed by atoms with Gasteiger partial charge in [0.2, 0.25) is 11.8 Å². The SMILES string of the molecule is C=C.C=C(NC1SC=NC1c1ccccc1)C1CCCN1C(=O)C(NC(=O)[C@H](C)NC)C1CCCCC1. The number of benzene rings is 1. The van der Waals surface area contributed by atoms with E-state index in [1.54, 1.807) is 18.8 Å². The van der Waals surface area contributed by atoms with Gasteiger partial charge in [0.15, 0.2) is 0 Å². The van der Waals surface area contributed by atoms with E-state index in [0.717, 1.165) is 49.8 Å². The van der Waals surface area contributed by atoms with Crippen molar-refractivity contribution in [1.29, 1.82) is 0 Å². The summed E-state index contributed by atoms with van der Waals surface area (Å²) in [6, 6.07) is 9.39. The fraction of sp³-hybridized carbons (Fsp3) is 0.552. The zero-order valence-electron chi connectivity index (χ0n) is 22.3. The van der Waals surface area contributed by atoms with Crippen molar-refractivity contribution in [3.8, 4) is 0 Å². The van der Waals surface area contributed by atoms with Crippen LogP contribution >= 0.6 is 11.8 Å². The van der Waals surface area contributed by atoms with Crippen molar-refractivity contribution in [2.45, 2.75) is 81.4 Å². The molecule has 3 N–H and O–H groups in total. The molecule has 37 heavy (non-hydrogen) atoms. The summed E-state index contributed by atoms with van der Waals surface area (Å²) in [4.78, 5) is 33.3. The molecule has 0 spiro atoms. The van der Waals surface area contributed by atoms with Crippen LogP contribution in [0.25, 0.3) is 0 Å². The molecule has 4 rings (SSSR count). The van der Waals surface area contributed by atoms with Gasteiger partial charge in [0.1, 0.15) is 17.5 Å². The second-order valence-corrected chi connectivity index (χ2v) is 10.9. The van der Waals surface area contributed by atoms with Crippen molar-refractivity contribution in [1.82, 2.24) is 20.9 Å². The Kier molecular flexibility index (Phi) is 11.3. The van der Waals surface area contributed by atoms with Crippen LogP contribution in [0.4, 0.5) is 0 Å². The predicted molar refractivity (Wildman–Crippen MR) is 154 cm³/mol. The van der Waals surface area contributed by atoms with Gasteiger partial charge in [0.05, 0.1) is 17.6 Å². The molecule has 202 valence electrons. The molecule has 2 aliphatic heterocycles. The van der Waals surface area contributed by atoms with Crippen LogP contribution in [0.15, 0.2) is 60.8 Å². The summed E-state index contributed by atoms with van der Waals surface area (Å²) < 4.78 is 0. The van der Waals surface area contributed by atoms with Crippen LogP contribution in [0.3, 0.4) is 0 Å². The molecule has 1 saturated carbocycles. The van der Waals surface area contributed by atoms with Crippen molar-refractivity contribution in [2.75, 3.05) is 13.6 Å². The average molecular weight is 526 g/mol. The Morgan fingerprint density at radius 3 is 2.46 bits per heavy atom. The Morgan fingerprint density at radius 2 is 1.78 bits per heavy atom. The van der Waals surface area contributed by atoms with Crippen molar-refractivity contribution in [2.24, 2.45) is 10.9 Å². The van der Waals surface area contributed by atoms with Gasteiger partial charge in [-0.2, -0.15) is 0 Å². The lowest BCUT2D eigenvalue weighted by atomic mass is 9.83. The molecular weight excluding hydrogens is 482 g/mol. The number of likely N-dealkylation sites (tertiary alicyclic amines) is 1. The molecule has 4 unspecified atom stereocenters. The third-order valence-electron chi connectivity index (χ3n) is 7.63. The third kappa shape index (κ3) is 7.26. The number of thioether (sulfide) groups is 1. The van der Waals surface area contributed by atoms with E-state index in [1.165, 1.54) is 6.42 Å². The molecule has 5 atom stereocenters. The number of aliphatic imine (C=N–C) groups is 1. The van der Waals surface area contributed by atoms with Gasteiger partial charge >= 0.3 is 0 Å². The van der Waals surface area contributed by atoms with Crippen LogP contribution in [-0.2, 0) is 9.59 Å². The summed E-state index contributed by atoms with van der Waals surface area (Å²) in [5.74, 6) is 0.108. The minimum Gasteiger partial charge on any atom is -0.373 e. The topological polar surface area (TPSA) is 85.8 Å². The number of carbonyl (C=O) groups is 2. The largest absolute Gasteiger partial charge is 0.373 e. The Labute approximate surface area is 226 Å². The Hall–Kier alpha value is -2.58. The lowest BCUT2D eigenvalue weighted by Gasteiger charge is -2.36. The van der Waals surface area contributed by atoms with E-state index in [9.17, 15) is 9.59 Å². The molecule has 1 aromatic rings. The van der Waals surface area contributed by atoms with Gasteiger partial charge < -0.3 is 20.9 Å². The predicted octanol–water partition coefficient (Wildman–Crippen LogP) is 4.40. The zero-order valence-corrected chi connectivity index (χ0v) is 23.1. The molecule has 2 heterocycles. The minimum absolute atomic E-state index is 0.0146. The smallest absolute Gasteiger partial charge is 0.246 e. The first-order valence-corrected chi connectivity index (χ1v) is 14.4. The number of likely N-dealkylation sites (N-methyl/N-ethyl adjacent to an activating group) is 1. The first kappa shape index (κ1) is 29.0. The van der Waals surface area contributed by atoms with E-state index >= 15 is 0 Å². The van der Waals surface area contributed by atoms with Crippen LogP contribution in [0.5, 0.6) is 0 Å². The van der Waals surface area contributed by atoms with Crippen LogP contribution in [0.1, 0.15) is 63.5 Å². The summed E-state index contributed by atoms with van der Waals surface area (Å²) in [6.45, 7) is 12.9. The number of nitrogens with one attached hydrogen (secondary N) is 3. The summed E-state index contributed by atoms with van der Waals surface area (Å²) >= 11 is 1.65. The molecule has 0 radical (unpaired) electrons. The van der Waals surface area contributed by atoms with Crippen molar-refractivity contribution in [3.05, 3.63) is 61.3 Å². The highest BCUT2D eigenvalue weighted by Crippen LogP contribution is 2.35. The summed E-state index contributed by atoms with van der Waals surface area (Å²) in [5.41, 5.74) is 3.92. The van der Waals surface area contributed by atoms with Crippen LogP contribution < -0.4 is 16.0 Å². The quantitative estimate of drug-likeness (QED) is 0.416. The van der Waals surface area contributed by atoms with Crippen molar-refractivity contribution < 1.29 is 9.59 Å². The number of nitrogens with zero attached hydrogens (tertiary/aromatic N) is 2. The molecule has 0 bridgehead atoms. The number of hydrogen-bond donors (Lipinski definition) is 3. The minimum atomic E-state index is -0.478. The van der Waals surface area contributed by atoms with Gasteiger partial charge in [-0.3, -0.25) is 14.6 Å². The van der Waals surface area contributed by atoms with Crippen molar-refractivity contribution >= 4 is 29.1 Å². The van der Waals surface area contributed by atoms with E-state index < -0.39 is 6.04 Å². The van der Waals surface area contributed by atoms with Crippen molar-refractivity contribution in [3.63, 3.8) is 0 Å². The highest BCUT2D eigenvalue weighted by molar-refractivity contribution is 8.12. The Balaban J connectivity index is 0.00000186. The summed E-state index contributed by atoms with van der Waals surface area (Å²) in [5, 5.41) is 9.74. The Bertz CT molecular complexity index is 933. The molecule has 1 saturated heterocycles. The number of hydrogen-bond acceptors (Lipinski definition) is 6.